The largest absolute Gasteiger partial charge is 0.493 e. The third kappa shape index (κ3) is 4.61. The van der Waals surface area contributed by atoms with Crippen LogP contribution in [0.4, 0.5) is 0 Å². The minimum absolute atomic E-state index is 0.332. The highest BCUT2D eigenvalue weighted by Crippen LogP contribution is 2.37. The van der Waals surface area contributed by atoms with Crippen LogP contribution in [0.25, 0.3) is 0 Å². The average molecular weight is 417 g/mol. The standard InChI is InChI=1S/C21H18Cl2N2O3/c1-27-19-6-5-14(16(13-26)21-17(22)11-24-12-18(21)23)10-20(19)28-9-7-15-4-2-3-8-25-15/h2-6,8,10-13,16H,7,9H2,1H3. The molecule has 0 amide bonds. The highest BCUT2D eigenvalue weighted by atomic mass is 35.5. The number of hydrogen-bond donors (Lipinski definition) is 0. The third-order valence-corrected chi connectivity index (χ3v) is 4.83. The maximum atomic E-state index is 11.9. The Balaban J connectivity index is 1.86. The zero-order valence-corrected chi connectivity index (χ0v) is 16.7. The van der Waals surface area contributed by atoms with E-state index in [-0.39, 0.29) is 0 Å². The van der Waals surface area contributed by atoms with Crippen LogP contribution < -0.4 is 9.47 Å². The van der Waals surface area contributed by atoms with Crippen molar-refractivity contribution < 1.29 is 14.3 Å². The predicted octanol–water partition coefficient (Wildman–Crippen LogP) is 4.74. The lowest BCUT2D eigenvalue weighted by Crippen LogP contribution is -2.07. The van der Waals surface area contributed by atoms with Gasteiger partial charge in [0.15, 0.2) is 11.5 Å². The first-order valence-electron chi connectivity index (χ1n) is 8.59. The number of hydrogen-bond acceptors (Lipinski definition) is 5. The summed E-state index contributed by atoms with van der Waals surface area (Å²) in [5.41, 5.74) is 2.13. The molecule has 28 heavy (non-hydrogen) atoms. The fourth-order valence-electron chi connectivity index (χ4n) is 2.84. The van der Waals surface area contributed by atoms with Crippen molar-refractivity contribution in [2.75, 3.05) is 13.7 Å². The second-order valence-electron chi connectivity index (χ2n) is 5.96. The van der Waals surface area contributed by atoms with Crippen molar-refractivity contribution in [1.29, 1.82) is 0 Å². The summed E-state index contributed by atoms with van der Waals surface area (Å²) in [5, 5.41) is 0.663. The second-order valence-corrected chi connectivity index (χ2v) is 6.77. The SMILES string of the molecule is COc1ccc(C(C=O)c2c(Cl)cncc2Cl)cc1OCCc1ccccn1. The Labute approximate surface area is 173 Å². The molecule has 144 valence electrons. The van der Waals surface area contributed by atoms with E-state index in [0.29, 0.717) is 45.7 Å². The van der Waals surface area contributed by atoms with E-state index in [1.165, 1.54) is 12.4 Å². The van der Waals surface area contributed by atoms with E-state index in [0.717, 1.165) is 12.0 Å². The predicted molar refractivity (Wildman–Crippen MR) is 109 cm³/mol. The van der Waals surface area contributed by atoms with Gasteiger partial charge in [0.1, 0.15) is 6.29 Å². The molecule has 0 bridgehead atoms. The lowest BCUT2D eigenvalue weighted by atomic mass is 9.93. The van der Waals surface area contributed by atoms with Crippen molar-refractivity contribution in [3.8, 4) is 11.5 Å². The molecule has 7 heteroatoms. The number of pyridine rings is 2. The molecule has 0 saturated heterocycles. The van der Waals surface area contributed by atoms with Gasteiger partial charge < -0.3 is 14.3 Å². The van der Waals surface area contributed by atoms with Crippen molar-refractivity contribution in [3.05, 3.63) is 81.9 Å². The van der Waals surface area contributed by atoms with Crippen LogP contribution in [0.1, 0.15) is 22.7 Å². The maximum absolute atomic E-state index is 11.9. The van der Waals surface area contributed by atoms with E-state index in [9.17, 15) is 4.79 Å². The maximum Gasteiger partial charge on any atom is 0.161 e. The van der Waals surface area contributed by atoms with Gasteiger partial charge in [-0.15, -0.1) is 0 Å². The van der Waals surface area contributed by atoms with E-state index in [1.807, 2.05) is 18.2 Å². The first-order valence-corrected chi connectivity index (χ1v) is 9.34. The molecule has 0 fully saturated rings. The highest BCUT2D eigenvalue weighted by molar-refractivity contribution is 6.36. The number of nitrogens with zero attached hydrogens (tertiary/aromatic N) is 2. The average Bonchev–Trinajstić information content (AvgIpc) is 2.71. The van der Waals surface area contributed by atoms with Gasteiger partial charge in [0, 0.05) is 36.3 Å². The van der Waals surface area contributed by atoms with Gasteiger partial charge in [-0.1, -0.05) is 35.3 Å². The number of aldehydes is 1. The number of carbonyl (C=O) groups excluding carboxylic acids is 1. The Morgan fingerprint density at radius 1 is 1.11 bits per heavy atom. The summed E-state index contributed by atoms with van der Waals surface area (Å²) in [6, 6.07) is 11.0. The molecule has 1 atom stereocenters. The van der Waals surface area contributed by atoms with Gasteiger partial charge in [0.25, 0.3) is 0 Å². The van der Waals surface area contributed by atoms with E-state index in [2.05, 4.69) is 9.97 Å². The van der Waals surface area contributed by atoms with E-state index in [1.54, 1.807) is 31.5 Å². The Morgan fingerprint density at radius 2 is 1.89 bits per heavy atom. The third-order valence-electron chi connectivity index (χ3n) is 4.23. The van der Waals surface area contributed by atoms with Crippen molar-refractivity contribution in [2.24, 2.45) is 0 Å². The van der Waals surface area contributed by atoms with Crippen LogP contribution >= 0.6 is 23.2 Å². The Bertz CT molecular complexity index is 931. The van der Waals surface area contributed by atoms with Crippen molar-refractivity contribution in [1.82, 2.24) is 9.97 Å². The Hall–Kier alpha value is -2.63. The summed E-state index contributed by atoms with van der Waals surface area (Å²) in [4.78, 5) is 20.1. The number of halogens is 2. The van der Waals surface area contributed by atoms with Crippen LogP contribution in [0.15, 0.2) is 55.0 Å². The molecule has 3 rings (SSSR count). The molecule has 1 unspecified atom stereocenters. The Morgan fingerprint density at radius 3 is 2.54 bits per heavy atom. The van der Waals surface area contributed by atoms with Gasteiger partial charge in [0.05, 0.1) is 29.7 Å². The summed E-state index contributed by atoms with van der Waals surface area (Å²) in [5.74, 6) is 0.456. The molecule has 0 aliphatic heterocycles. The van der Waals surface area contributed by atoms with E-state index >= 15 is 0 Å². The second kappa shape index (κ2) is 9.53. The van der Waals surface area contributed by atoms with Crippen molar-refractivity contribution >= 4 is 29.5 Å². The lowest BCUT2D eigenvalue weighted by molar-refractivity contribution is -0.108. The first kappa shape index (κ1) is 20.1. The molecule has 2 aromatic heterocycles. The number of rotatable bonds is 8. The van der Waals surface area contributed by atoms with Crippen LogP contribution in [0.2, 0.25) is 10.0 Å². The van der Waals surface area contributed by atoms with Gasteiger partial charge >= 0.3 is 0 Å². The molecule has 2 heterocycles. The number of methoxy groups -OCH3 is 1. The number of ether oxygens (including phenoxy) is 2. The van der Waals surface area contributed by atoms with Crippen LogP contribution in [-0.4, -0.2) is 30.0 Å². The zero-order chi connectivity index (χ0) is 19.9. The highest BCUT2D eigenvalue weighted by Gasteiger charge is 2.21. The van der Waals surface area contributed by atoms with Gasteiger partial charge in [-0.25, -0.2) is 0 Å². The van der Waals surface area contributed by atoms with Gasteiger partial charge in [-0.2, -0.15) is 0 Å². The summed E-state index contributed by atoms with van der Waals surface area (Å²) >= 11 is 12.5. The smallest absolute Gasteiger partial charge is 0.161 e. The molecule has 0 radical (unpaired) electrons. The quantitative estimate of drug-likeness (QED) is 0.496. The molecular weight excluding hydrogens is 399 g/mol. The molecule has 0 aliphatic rings. The van der Waals surface area contributed by atoms with Crippen molar-refractivity contribution in [2.45, 2.75) is 12.3 Å². The van der Waals surface area contributed by atoms with E-state index < -0.39 is 5.92 Å². The molecule has 0 spiro atoms. The zero-order valence-electron chi connectivity index (χ0n) is 15.1. The Kier molecular flexibility index (Phi) is 6.85. The lowest BCUT2D eigenvalue weighted by Gasteiger charge is -2.17. The van der Waals surface area contributed by atoms with Gasteiger partial charge in [-0.3, -0.25) is 9.97 Å². The van der Waals surface area contributed by atoms with Crippen LogP contribution in [0.3, 0.4) is 0 Å². The fraction of sp³-hybridized carbons (Fsp3) is 0.190. The summed E-state index contributed by atoms with van der Waals surface area (Å²) < 4.78 is 11.3. The summed E-state index contributed by atoms with van der Waals surface area (Å²) in [6.07, 6.45) is 6.12. The van der Waals surface area contributed by atoms with Crippen LogP contribution in [-0.2, 0) is 11.2 Å². The molecule has 0 saturated carbocycles. The topological polar surface area (TPSA) is 61.3 Å². The van der Waals surface area contributed by atoms with Crippen molar-refractivity contribution in [3.63, 3.8) is 0 Å². The summed E-state index contributed by atoms with van der Waals surface area (Å²) in [6.45, 7) is 0.416. The number of benzene rings is 1. The van der Waals surface area contributed by atoms with Crippen LogP contribution in [0, 0.1) is 0 Å². The first-order chi connectivity index (χ1) is 13.6. The van der Waals surface area contributed by atoms with Gasteiger partial charge in [0.2, 0.25) is 0 Å². The molecule has 1 aromatic carbocycles. The number of aromatic nitrogens is 2. The molecule has 5 nitrogen and oxygen atoms in total. The molecule has 0 aliphatic carbocycles. The molecule has 3 aromatic rings. The minimum Gasteiger partial charge on any atom is -0.493 e. The minimum atomic E-state index is -0.646. The van der Waals surface area contributed by atoms with E-state index in [4.69, 9.17) is 32.7 Å². The number of carbonyl (C=O) groups is 1. The monoisotopic (exact) mass is 416 g/mol. The summed E-state index contributed by atoms with van der Waals surface area (Å²) in [7, 11) is 1.56. The van der Waals surface area contributed by atoms with Gasteiger partial charge in [-0.05, 0) is 29.8 Å². The molecular formula is C21H18Cl2N2O3. The molecule has 0 N–H and O–H groups in total. The van der Waals surface area contributed by atoms with Crippen LogP contribution in [0.5, 0.6) is 11.5 Å². The normalized spacial score (nSPS) is 11.7. The fourth-order valence-corrected chi connectivity index (χ4v) is 3.44.